The summed E-state index contributed by atoms with van der Waals surface area (Å²) in [5.41, 5.74) is 1.90. The lowest BCUT2D eigenvalue weighted by Crippen LogP contribution is -2.07. The molecule has 0 saturated heterocycles. The van der Waals surface area contributed by atoms with Gasteiger partial charge in [0.1, 0.15) is 0 Å². The highest BCUT2D eigenvalue weighted by molar-refractivity contribution is 9.10. The lowest BCUT2D eigenvalue weighted by molar-refractivity contribution is -0.111. The number of hydrogen-bond donors (Lipinski definition) is 1. The molecule has 1 rings (SSSR count). The van der Waals surface area contributed by atoms with Gasteiger partial charge in [-0.05, 0) is 30.7 Å². The number of nitrogens with one attached hydrogen (secondary N) is 1. The Morgan fingerprint density at radius 3 is 2.85 bits per heavy atom. The summed E-state index contributed by atoms with van der Waals surface area (Å²) in [6, 6.07) is 5.64. The third-order valence-corrected chi connectivity index (χ3v) is 2.48. The summed E-state index contributed by atoms with van der Waals surface area (Å²) in [6.45, 7) is 5.36. The van der Waals surface area contributed by atoms with Crippen LogP contribution in [0.3, 0.4) is 0 Å². The van der Waals surface area contributed by atoms with E-state index in [1.165, 1.54) is 6.08 Å². The molecule has 1 aromatic rings. The summed E-state index contributed by atoms with van der Waals surface area (Å²) in [4.78, 5) is 10.9. The van der Waals surface area contributed by atoms with Crippen LogP contribution in [0.5, 0.6) is 0 Å². The van der Waals surface area contributed by atoms with Crippen molar-refractivity contribution in [2.45, 2.75) is 6.92 Å². The third-order valence-electron chi connectivity index (χ3n) is 1.62. The fraction of sp³-hybridized carbons (Fsp3) is 0.100. The van der Waals surface area contributed by atoms with Gasteiger partial charge in [0.25, 0.3) is 0 Å². The first kappa shape index (κ1) is 9.99. The molecular formula is C10H10BrNO. The molecule has 0 spiro atoms. The van der Waals surface area contributed by atoms with Crippen molar-refractivity contribution in [2.75, 3.05) is 5.32 Å². The van der Waals surface area contributed by atoms with Crippen molar-refractivity contribution in [3.63, 3.8) is 0 Å². The molecule has 0 radical (unpaired) electrons. The van der Waals surface area contributed by atoms with E-state index in [1.807, 2.05) is 25.1 Å². The van der Waals surface area contributed by atoms with Crippen LogP contribution in [0.2, 0.25) is 0 Å². The Morgan fingerprint density at radius 1 is 1.62 bits per heavy atom. The number of benzene rings is 1. The van der Waals surface area contributed by atoms with E-state index >= 15 is 0 Å². The van der Waals surface area contributed by atoms with Crippen LogP contribution in [-0.4, -0.2) is 5.91 Å². The van der Waals surface area contributed by atoms with Crippen molar-refractivity contribution in [3.8, 4) is 0 Å². The zero-order chi connectivity index (χ0) is 9.84. The van der Waals surface area contributed by atoms with E-state index in [2.05, 4.69) is 27.8 Å². The predicted molar refractivity (Wildman–Crippen MR) is 57.7 cm³/mol. The van der Waals surface area contributed by atoms with Gasteiger partial charge in [-0.1, -0.05) is 28.6 Å². The van der Waals surface area contributed by atoms with Crippen molar-refractivity contribution in [1.29, 1.82) is 0 Å². The van der Waals surface area contributed by atoms with Crippen molar-refractivity contribution in [2.24, 2.45) is 0 Å². The molecule has 0 aliphatic carbocycles. The molecule has 1 N–H and O–H groups in total. The number of halogens is 1. The number of hydrogen-bond acceptors (Lipinski definition) is 1. The number of carbonyl (C=O) groups is 1. The molecule has 0 unspecified atom stereocenters. The van der Waals surface area contributed by atoms with Crippen LogP contribution in [0.25, 0.3) is 0 Å². The standard InChI is InChI=1S/C10H10BrNO/c1-3-10(13)12-8-5-4-7(2)9(11)6-8/h3-6H,1H2,2H3,(H,12,13). The molecule has 0 bridgehead atoms. The van der Waals surface area contributed by atoms with Gasteiger partial charge in [-0.2, -0.15) is 0 Å². The second-order valence-corrected chi connectivity index (χ2v) is 3.51. The Morgan fingerprint density at radius 2 is 2.31 bits per heavy atom. The second-order valence-electron chi connectivity index (χ2n) is 2.66. The van der Waals surface area contributed by atoms with Crippen LogP contribution < -0.4 is 5.32 Å². The second kappa shape index (κ2) is 4.23. The summed E-state index contributed by atoms with van der Waals surface area (Å²) in [6.07, 6.45) is 1.24. The Kier molecular flexibility index (Phi) is 3.25. The minimum Gasteiger partial charge on any atom is -0.322 e. The quantitative estimate of drug-likeness (QED) is 0.791. The minimum absolute atomic E-state index is 0.198. The first-order valence-electron chi connectivity index (χ1n) is 3.83. The Balaban J connectivity index is 2.85. The summed E-state index contributed by atoms with van der Waals surface area (Å²) >= 11 is 3.38. The molecular weight excluding hydrogens is 230 g/mol. The van der Waals surface area contributed by atoms with Crippen molar-refractivity contribution in [1.82, 2.24) is 0 Å². The van der Waals surface area contributed by atoms with E-state index in [-0.39, 0.29) is 5.91 Å². The van der Waals surface area contributed by atoms with Crippen molar-refractivity contribution >= 4 is 27.5 Å². The number of carbonyl (C=O) groups excluding carboxylic acids is 1. The van der Waals surface area contributed by atoms with E-state index in [1.54, 1.807) is 0 Å². The minimum atomic E-state index is -0.198. The Bertz CT molecular complexity index is 347. The average molecular weight is 240 g/mol. The first-order chi connectivity index (χ1) is 6.13. The Hall–Kier alpha value is -1.09. The average Bonchev–Trinajstić information content (AvgIpc) is 2.11. The molecule has 0 fully saturated rings. The molecule has 0 aliphatic rings. The maximum absolute atomic E-state index is 10.9. The van der Waals surface area contributed by atoms with Gasteiger partial charge in [0.05, 0.1) is 0 Å². The smallest absolute Gasteiger partial charge is 0.247 e. The highest BCUT2D eigenvalue weighted by Gasteiger charge is 1.99. The normalized spacial score (nSPS) is 9.38. The van der Waals surface area contributed by atoms with Crippen molar-refractivity contribution in [3.05, 3.63) is 40.9 Å². The van der Waals surface area contributed by atoms with Gasteiger partial charge in [0.2, 0.25) is 5.91 Å². The van der Waals surface area contributed by atoms with Crippen LogP contribution in [0.1, 0.15) is 5.56 Å². The molecule has 13 heavy (non-hydrogen) atoms. The summed E-state index contributed by atoms with van der Waals surface area (Å²) in [7, 11) is 0. The fourth-order valence-electron chi connectivity index (χ4n) is 0.864. The highest BCUT2D eigenvalue weighted by atomic mass is 79.9. The summed E-state index contributed by atoms with van der Waals surface area (Å²) in [5, 5.41) is 2.67. The van der Waals surface area contributed by atoms with Gasteiger partial charge < -0.3 is 5.32 Å². The van der Waals surface area contributed by atoms with E-state index in [9.17, 15) is 4.79 Å². The van der Waals surface area contributed by atoms with Crippen LogP contribution in [-0.2, 0) is 4.79 Å². The maximum atomic E-state index is 10.9. The molecule has 68 valence electrons. The third kappa shape index (κ3) is 2.70. The number of aryl methyl sites for hydroxylation is 1. The van der Waals surface area contributed by atoms with Crippen LogP contribution >= 0.6 is 15.9 Å². The first-order valence-corrected chi connectivity index (χ1v) is 4.62. The van der Waals surface area contributed by atoms with Crippen molar-refractivity contribution < 1.29 is 4.79 Å². The van der Waals surface area contributed by atoms with Gasteiger partial charge in [-0.15, -0.1) is 0 Å². The van der Waals surface area contributed by atoms with Gasteiger partial charge in [-0.25, -0.2) is 0 Å². The number of rotatable bonds is 2. The van der Waals surface area contributed by atoms with Crippen LogP contribution in [0.15, 0.2) is 35.3 Å². The van der Waals surface area contributed by atoms with E-state index in [0.717, 1.165) is 15.7 Å². The SMILES string of the molecule is C=CC(=O)Nc1ccc(C)c(Br)c1. The molecule has 0 heterocycles. The van der Waals surface area contributed by atoms with Crippen LogP contribution in [0.4, 0.5) is 5.69 Å². The zero-order valence-electron chi connectivity index (χ0n) is 7.30. The maximum Gasteiger partial charge on any atom is 0.247 e. The summed E-state index contributed by atoms with van der Waals surface area (Å²) < 4.78 is 0.981. The molecule has 0 aromatic heterocycles. The van der Waals surface area contributed by atoms with Crippen LogP contribution in [0, 0.1) is 6.92 Å². The fourth-order valence-corrected chi connectivity index (χ4v) is 1.24. The summed E-state index contributed by atoms with van der Waals surface area (Å²) in [5.74, 6) is -0.198. The highest BCUT2D eigenvalue weighted by Crippen LogP contribution is 2.20. The molecule has 1 amide bonds. The zero-order valence-corrected chi connectivity index (χ0v) is 8.89. The lowest BCUT2D eigenvalue weighted by Gasteiger charge is -2.03. The van der Waals surface area contributed by atoms with E-state index in [0.29, 0.717) is 0 Å². The topological polar surface area (TPSA) is 29.1 Å². The monoisotopic (exact) mass is 239 g/mol. The number of anilines is 1. The molecule has 1 aromatic carbocycles. The molecule has 2 nitrogen and oxygen atoms in total. The Labute approximate surface area is 85.8 Å². The molecule has 0 aliphatic heterocycles. The van der Waals surface area contributed by atoms with Gasteiger partial charge in [0, 0.05) is 10.2 Å². The van der Waals surface area contributed by atoms with E-state index < -0.39 is 0 Å². The van der Waals surface area contributed by atoms with Gasteiger partial charge in [-0.3, -0.25) is 4.79 Å². The number of amides is 1. The predicted octanol–water partition coefficient (Wildman–Crippen LogP) is 2.88. The molecule has 3 heteroatoms. The molecule has 0 atom stereocenters. The van der Waals surface area contributed by atoms with Gasteiger partial charge in [0.15, 0.2) is 0 Å². The lowest BCUT2D eigenvalue weighted by atomic mass is 10.2. The largest absolute Gasteiger partial charge is 0.322 e. The van der Waals surface area contributed by atoms with Gasteiger partial charge >= 0.3 is 0 Å². The van der Waals surface area contributed by atoms with E-state index in [4.69, 9.17) is 0 Å². The molecule has 0 saturated carbocycles.